The summed E-state index contributed by atoms with van der Waals surface area (Å²) in [5.41, 5.74) is 0.257. The molecule has 2 amide bonds. The molecule has 1 saturated carbocycles. The number of nitrogens with one attached hydrogen (secondary N) is 1. The number of likely N-dealkylation sites (tertiary alicyclic amines) is 1. The van der Waals surface area contributed by atoms with E-state index in [4.69, 9.17) is 5.11 Å². The van der Waals surface area contributed by atoms with Gasteiger partial charge in [-0.2, -0.15) is 0 Å². The lowest BCUT2D eigenvalue weighted by atomic mass is 9.76. The van der Waals surface area contributed by atoms with Crippen LogP contribution < -0.4 is 5.32 Å². The number of carboxylic acid groups (broad SMARTS) is 1. The summed E-state index contributed by atoms with van der Waals surface area (Å²) >= 11 is 0. The van der Waals surface area contributed by atoms with Crippen molar-refractivity contribution < 1.29 is 14.7 Å². The van der Waals surface area contributed by atoms with Gasteiger partial charge in [0.15, 0.2) is 0 Å². The monoisotopic (exact) mass is 339 g/mol. The Balaban J connectivity index is 1.74. The average molecular weight is 339 g/mol. The Morgan fingerprint density at radius 2 is 1.83 bits per heavy atom. The highest BCUT2D eigenvalue weighted by Crippen LogP contribution is 2.35. The number of hydrogen-bond acceptors (Lipinski definition) is 3. The van der Waals surface area contributed by atoms with Crippen LogP contribution in [0.15, 0.2) is 0 Å². The van der Waals surface area contributed by atoms with Gasteiger partial charge in [0, 0.05) is 25.7 Å². The van der Waals surface area contributed by atoms with Crippen LogP contribution in [0, 0.1) is 5.41 Å². The third-order valence-corrected chi connectivity index (χ3v) is 5.74. The minimum atomic E-state index is -0.780. The van der Waals surface area contributed by atoms with E-state index in [1.165, 1.54) is 32.1 Å². The Morgan fingerprint density at radius 1 is 1.21 bits per heavy atom. The number of carboxylic acids is 1. The van der Waals surface area contributed by atoms with E-state index in [1.807, 2.05) is 16.7 Å². The minimum absolute atomic E-state index is 0.0431. The van der Waals surface area contributed by atoms with Crippen LogP contribution in [0.1, 0.15) is 58.8 Å². The first-order valence-electron chi connectivity index (χ1n) is 9.42. The van der Waals surface area contributed by atoms with Crippen molar-refractivity contribution in [3.63, 3.8) is 0 Å². The SMILES string of the molecule is CCN(CC(=O)O)C1CCN(C(=O)NCC2(C)CCCCC2)CC1. The predicted molar refractivity (Wildman–Crippen MR) is 94.1 cm³/mol. The van der Waals surface area contributed by atoms with Crippen LogP contribution in [0.25, 0.3) is 0 Å². The van der Waals surface area contributed by atoms with Crippen LogP contribution in [-0.2, 0) is 4.79 Å². The fourth-order valence-electron chi connectivity index (χ4n) is 4.09. The molecule has 0 spiro atoms. The lowest BCUT2D eigenvalue weighted by molar-refractivity contribution is -0.139. The molecule has 1 saturated heterocycles. The molecule has 2 aliphatic rings. The summed E-state index contributed by atoms with van der Waals surface area (Å²) < 4.78 is 0. The highest BCUT2D eigenvalue weighted by Gasteiger charge is 2.30. The zero-order chi connectivity index (χ0) is 17.6. The van der Waals surface area contributed by atoms with E-state index < -0.39 is 5.97 Å². The number of hydrogen-bond donors (Lipinski definition) is 2. The maximum Gasteiger partial charge on any atom is 0.317 e. The van der Waals surface area contributed by atoms with Gasteiger partial charge in [0.1, 0.15) is 0 Å². The van der Waals surface area contributed by atoms with Gasteiger partial charge in [-0.3, -0.25) is 9.69 Å². The summed E-state index contributed by atoms with van der Waals surface area (Å²) in [5, 5.41) is 12.1. The molecule has 1 heterocycles. The number of piperidine rings is 1. The molecule has 0 atom stereocenters. The molecule has 0 aromatic carbocycles. The second-order valence-corrected chi connectivity index (χ2v) is 7.71. The molecule has 1 aliphatic carbocycles. The van der Waals surface area contributed by atoms with Crippen LogP contribution in [0.2, 0.25) is 0 Å². The minimum Gasteiger partial charge on any atom is -0.480 e. The van der Waals surface area contributed by atoms with Crippen molar-refractivity contribution in [1.82, 2.24) is 15.1 Å². The molecule has 1 aliphatic heterocycles. The maximum absolute atomic E-state index is 12.4. The number of nitrogens with zero attached hydrogens (tertiary/aromatic N) is 2. The van der Waals surface area contributed by atoms with Crippen molar-refractivity contribution >= 4 is 12.0 Å². The Kier molecular flexibility index (Phi) is 6.90. The summed E-state index contributed by atoms with van der Waals surface area (Å²) in [6, 6.07) is 0.313. The molecule has 2 N–H and O–H groups in total. The Labute approximate surface area is 145 Å². The zero-order valence-corrected chi connectivity index (χ0v) is 15.2. The van der Waals surface area contributed by atoms with E-state index in [2.05, 4.69) is 12.2 Å². The normalized spacial score (nSPS) is 21.7. The van der Waals surface area contributed by atoms with Gasteiger partial charge in [-0.25, -0.2) is 4.79 Å². The molecule has 0 aromatic rings. The van der Waals surface area contributed by atoms with Crippen LogP contribution >= 0.6 is 0 Å². The van der Waals surface area contributed by atoms with Crippen LogP contribution in [0.5, 0.6) is 0 Å². The Hall–Kier alpha value is -1.30. The quantitative estimate of drug-likeness (QED) is 0.780. The molecular weight excluding hydrogens is 306 g/mol. The molecule has 0 radical (unpaired) electrons. The third-order valence-electron chi connectivity index (χ3n) is 5.74. The second kappa shape index (κ2) is 8.70. The fourth-order valence-corrected chi connectivity index (χ4v) is 4.09. The van der Waals surface area contributed by atoms with Crippen molar-refractivity contribution in [1.29, 1.82) is 0 Å². The lowest BCUT2D eigenvalue weighted by Crippen LogP contribution is -2.51. The van der Waals surface area contributed by atoms with Crippen LogP contribution in [0.4, 0.5) is 4.79 Å². The van der Waals surface area contributed by atoms with Crippen LogP contribution in [0.3, 0.4) is 0 Å². The second-order valence-electron chi connectivity index (χ2n) is 7.71. The smallest absolute Gasteiger partial charge is 0.317 e. The first-order valence-corrected chi connectivity index (χ1v) is 9.42. The van der Waals surface area contributed by atoms with Crippen LogP contribution in [-0.4, -0.2) is 65.7 Å². The number of aliphatic carboxylic acids is 1. The highest BCUT2D eigenvalue weighted by molar-refractivity contribution is 5.74. The molecule has 138 valence electrons. The van der Waals surface area contributed by atoms with Crippen molar-refractivity contribution in [2.75, 3.05) is 32.7 Å². The number of carbonyl (C=O) groups is 2. The van der Waals surface area contributed by atoms with E-state index >= 15 is 0 Å². The van der Waals surface area contributed by atoms with E-state index in [0.717, 1.165) is 25.9 Å². The first kappa shape index (κ1) is 19.0. The lowest BCUT2D eigenvalue weighted by Gasteiger charge is -2.38. The number of likely N-dealkylation sites (N-methyl/N-ethyl adjacent to an activating group) is 1. The van der Waals surface area contributed by atoms with Crippen molar-refractivity contribution in [3.8, 4) is 0 Å². The molecule has 0 aromatic heterocycles. The summed E-state index contributed by atoms with van der Waals surface area (Å²) in [6.07, 6.45) is 7.98. The Morgan fingerprint density at radius 3 is 2.38 bits per heavy atom. The molecule has 2 fully saturated rings. The molecule has 6 heteroatoms. The van der Waals surface area contributed by atoms with Gasteiger partial charge in [0.05, 0.1) is 6.54 Å². The molecule has 0 unspecified atom stereocenters. The van der Waals surface area contributed by atoms with Gasteiger partial charge in [-0.05, 0) is 37.6 Å². The van der Waals surface area contributed by atoms with E-state index in [0.29, 0.717) is 13.1 Å². The van der Waals surface area contributed by atoms with E-state index in [1.54, 1.807) is 0 Å². The van der Waals surface area contributed by atoms with Gasteiger partial charge in [-0.1, -0.05) is 33.1 Å². The molecular formula is C18H33N3O3. The number of rotatable bonds is 6. The number of amides is 2. The van der Waals surface area contributed by atoms with Gasteiger partial charge < -0.3 is 15.3 Å². The van der Waals surface area contributed by atoms with Gasteiger partial charge in [-0.15, -0.1) is 0 Å². The average Bonchev–Trinajstić information content (AvgIpc) is 2.58. The topological polar surface area (TPSA) is 72.9 Å². The highest BCUT2D eigenvalue weighted by atomic mass is 16.4. The van der Waals surface area contributed by atoms with Crippen molar-refractivity contribution in [2.45, 2.75) is 64.8 Å². The van der Waals surface area contributed by atoms with Gasteiger partial charge in [0.25, 0.3) is 0 Å². The van der Waals surface area contributed by atoms with Gasteiger partial charge in [0.2, 0.25) is 0 Å². The summed E-state index contributed by atoms with van der Waals surface area (Å²) in [7, 11) is 0. The first-order chi connectivity index (χ1) is 11.4. The molecule has 0 bridgehead atoms. The number of urea groups is 1. The van der Waals surface area contributed by atoms with Crippen molar-refractivity contribution in [2.24, 2.45) is 5.41 Å². The zero-order valence-electron chi connectivity index (χ0n) is 15.2. The standard InChI is InChI=1S/C18H33N3O3/c1-3-20(13-16(22)23)15-7-11-21(12-8-15)17(24)19-14-18(2)9-5-4-6-10-18/h15H,3-14H2,1-2H3,(H,19,24)(H,22,23). The predicted octanol–water partition coefficient (Wildman–Crippen LogP) is 2.54. The number of carbonyl (C=O) groups excluding carboxylic acids is 1. The molecule has 2 rings (SSSR count). The summed E-state index contributed by atoms with van der Waals surface area (Å²) in [5.74, 6) is -0.780. The van der Waals surface area contributed by atoms with Crippen molar-refractivity contribution in [3.05, 3.63) is 0 Å². The largest absolute Gasteiger partial charge is 0.480 e. The van der Waals surface area contributed by atoms with E-state index in [9.17, 15) is 9.59 Å². The Bertz CT molecular complexity index is 427. The molecule has 6 nitrogen and oxygen atoms in total. The summed E-state index contributed by atoms with van der Waals surface area (Å²) in [4.78, 5) is 27.2. The molecule has 24 heavy (non-hydrogen) atoms. The van der Waals surface area contributed by atoms with E-state index in [-0.39, 0.29) is 24.0 Å². The summed E-state index contributed by atoms with van der Waals surface area (Å²) in [6.45, 7) is 7.29. The van der Waals surface area contributed by atoms with Gasteiger partial charge >= 0.3 is 12.0 Å². The third kappa shape index (κ3) is 5.36. The fraction of sp³-hybridized carbons (Fsp3) is 0.889. The maximum atomic E-state index is 12.4.